The van der Waals surface area contributed by atoms with Crippen LogP contribution in [0.15, 0.2) is 54.6 Å². The second-order valence-electron chi connectivity index (χ2n) is 8.39. The van der Waals surface area contributed by atoms with Crippen LogP contribution in [0.1, 0.15) is 43.7 Å². The van der Waals surface area contributed by atoms with Crippen molar-refractivity contribution < 1.29 is 5.11 Å². The number of aromatic hydroxyl groups is 1. The van der Waals surface area contributed by atoms with Crippen LogP contribution in [-0.2, 0) is 5.41 Å². The molecule has 2 aromatic carbocycles. The molecule has 0 unspecified atom stereocenters. The van der Waals surface area contributed by atoms with Gasteiger partial charge in [0, 0.05) is 13.1 Å². The number of nitrogens with zero attached hydrogens (tertiary/aromatic N) is 1. The van der Waals surface area contributed by atoms with E-state index in [0.29, 0.717) is 11.7 Å². The molecule has 4 rings (SSSR count). The first-order chi connectivity index (χ1) is 12.1. The van der Waals surface area contributed by atoms with Gasteiger partial charge in [-0.1, -0.05) is 56.3 Å². The van der Waals surface area contributed by atoms with Crippen molar-refractivity contribution >= 4 is 0 Å². The predicted molar refractivity (Wildman–Crippen MR) is 103 cm³/mol. The lowest BCUT2D eigenvalue weighted by molar-refractivity contribution is 0.106. The van der Waals surface area contributed by atoms with E-state index < -0.39 is 0 Å². The number of hydrogen-bond donors (Lipinski definition) is 1. The molecule has 0 radical (unpaired) electrons. The van der Waals surface area contributed by atoms with Gasteiger partial charge in [-0.3, -0.25) is 0 Å². The largest absolute Gasteiger partial charge is 0.508 e. The van der Waals surface area contributed by atoms with Crippen molar-refractivity contribution in [1.82, 2.24) is 4.90 Å². The molecule has 1 aliphatic carbocycles. The number of hydrogen-bond acceptors (Lipinski definition) is 2. The topological polar surface area (TPSA) is 23.5 Å². The molecule has 0 aromatic heterocycles. The number of benzene rings is 2. The summed E-state index contributed by atoms with van der Waals surface area (Å²) in [6, 6.07) is 18.9. The van der Waals surface area contributed by atoms with Gasteiger partial charge >= 0.3 is 0 Å². The second kappa shape index (κ2) is 6.49. The fourth-order valence-corrected chi connectivity index (χ4v) is 4.66. The number of piperidine rings is 1. The summed E-state index contributed by atoms with van der Waals surface area (Å²) in [4.78, 5) is 2.67. The SMILES string of the molecule is C[C@H]1CN(C[C@@H]2C[C@@H]2c2ccccc2)CC[C@@]1(C)c1cccc(O)c1. The van der Waals surface area contributed by atoms with Gasteiger partial charge in [0.05, 0.1) is 0 Å². The molecule has 1 saturated heterocycles. The maximum Gasteiger partial charge on any atom is 0.115 e. The lowest BCUT2D eigenvalue weighted by Gasteiger charge is -2.45. The summed E-state index contributed by atoms with van der Waals surface area (Å²) in [5.74, 6) is 2.59. The van der Waals surface area contributed by atoms with Crippen molar-refractivity contribution in [2.75, 3.05) is 19.6 Å². The van der Waals surface area contributed by atoms with Crippen LogP contribution in [0.4, 0.5) is 0 Å². The first-order valence-electron chi connectivity index (χ1n) is 9.63. The lowest BCUT2D eigenvalue weighted by atomic mass is 9.68. The fourth-order valence-electron chi connectivity index (χ4n) is 4.66. The van der Waals surface area contributed by atoms with Gasteiger partial charge in [-0.2, -0.15) is 0 Å². The molecule has 132 valence electrons. The molecule has 2 aliphatic rings. The van der Waals surface area contributed by atoms with E-state index in [1.807, 2.05) is 12.1 Å². The molecule has 1 heterocycles. The summed E-state index contributed by atoms with van der Waals surface area (Å²) >= 11 is 0. The third-order valence-corrected chi connectivity index (χ3v) is 6.72. The van der Waals surface area contributed by atoms with Crippen LogP contribution < -0.4 is 0 Å². The third kappa shape index (κ3) is 3.32. The van der Waals surface area contributed by atoms with E-state index >= 15 is 0 Å². The number of phenols is 1. The van der Waals surface area contributed by atoms with Crippen molar-refractivity contribution in [2.24, 2.45) is 11.8 Å². The molecule has 2 heteroatoms. The van der Waals surface area contributed by atoms with Crippen molar-refractivity contribution in [2.45, 2.75) is 38.0 Å². The van der Waals surface area contributed by atoms with Crippen molar-refractivity contribution in [3.05, 3.63) is 65.7 Å². The molecule has 1 saturated carbocycles. The van der Waals surface area contributed by atoms with Crippen LogP contribution in [0.5, 0.6) is 5.75 Å². The second-order valence-corrected chi connectivity index (χ2v) is 8.39. The van der Waals surface area contributed by atoms with E-state index in [1.54, 1.807) is 6.07 Å². The molecule has 4 atom stereocenters. The molecular weight excluding hydrogens is 306 g/mol. The lowest BCUT2D eigenvalue weighted by Crippen LogP contribution is -2.47. The Hall–Kier alpha value is -1.80. The van der Waals surface area contributed by atoms with Crippen LogP contribution in [0, 0.1) is 11.8 Å². The molecule has 0 bridgehead atoms. The Bertz CT molecular complexity index is 728. The molecule has 0 spiro atoms. The van der Waals surface area contributed by atoms with Gasteiger partial charge in [0.25, 0.3) is 0 Å². The highest BCUT2D eigenvalue weighted by Gasteiger charge is 2.43. The molecule has 1 N–H and O–H groups in total. The smallest absolute Gasteiger partial charge is 0.115 e. The quantitative estimate of drug-likeness (QED) is 0.868. The standard InChI is InChI=1S/C23H29NO/c1-17-15-24(16-19-13-22(19)18-7-4-3-5-8-18)12-11-23(17,2)20-9-6-10-21(25)14-20/h3-10,14,17,19,22,25H,11-13,15-16H2,1-2H3/t17-,19-,22+,23+/m0/s1. The molecular formula is C23H29NO. The van der Waals surface area contributed by atoms with E-state index in [1.165, 1.54) is 30.5 Å². The highest BCUT2D eigenvalue weighted by Crippen LogP contribution is 2.49. The number of likely N-dealkylation sites (tertiary alicyclic amines) is 1. The van der Waals surface area contributed by atoms with Gasteiger partial charge in [0.1, 0.15) is 5.75 Å². The minimum atomic E-state index is 0.164. The predicted octanol–water partition coefficient (Wildman–Crippen LogP) is 4.80. The Morgan fingerprint density at radius 3 is 2.64 bits per heavy atom. The molecule has 2 nitrogen and oxygen atoms in total. The van der Waals surface area contributed by atoms with E-state index in [9.17, 15) is 5.11 Å². The normalized spacial score (nSPS) is 32.5. The fraction of sp³-hybridized carbons (Fsp3) is 0.478. The van der Waals surface area contributed by atoms with Gasteiger partial charge in [-0.25, -0.2) is 0 Å². The van der Waals surface area contributed by atoms with E-state index in [4.69, 9.17) is 0 Å². The van der Waals surface area contributed by atoms with Gasteiger partial charge in [0.15, 0.2) is 0 Å². The van der Waals surface area contributed by atoms with Gasteiger partial charge in [0.2, 0.25) is 0 Å². The van der Waals surface area contributed by atoms with Gasteiger partial charge in [-0.05, 0) is 65.8 Å². The monoisotopic (exact) mass is 335 g/mol. The van der Waals surface area contributed by atoms with Crippen molar-refractivity contribution in [3.8, 4) is 5.75 Å². The third-order valence-electron chi connectivity index (χ3n) is 6.72. The Morgan fingerprint density at radius 1 is 1.12 bits per heavy atom. The molecule has 2 fully saturated rings. The average Bonchev–Trinajstić information content (AvgIpc) is 3.38. The summed E-state index contributed by atoms with van der Waals surface area (Å²) < 4.78 is 0. The molecule has 0 amide bonds. The van der Waals surface area contributed by atoms with Crippen LogP contribution in [0.25, 0.3) is 0 Å². The maximum absolute atomic E-state index is 9.85. The summed E-state index contributed by atoms with van der Waals surface area (Å²) in [7, 11) is 0. The number of phenolic OH excluding ortho intramolecular Hbond substituents is 1. The average molecular weight is 335 g/mol. The van der Waals surface area contributed by atoms with Gasteiger partial charge < -0.3 is 10.0 Å². The van der Waals surface area contributed by atoms with Crippen molar-refractivity contribution in [3.63, 3.8) is 0 Å². The summed E-state index contributed by atoms with van der Waals surface area (Å²) in [5.41, 5.74) is 2.97. The Morgan fingerprint density at radius 2 is 1.92 bits per heavy atom. The maximum atomic E-state index is 9.85. The summed E-state index contributed by atoms with van der Waals surface area (Å²) in [6.45, 7) is 8.30. The zero-order chi connectivity index (χ0) is 17.4. The van der Waals surface area contributed by atoms with E-state index in [0.717, 1.165) is 24.9 Å². The molecule has 2 aromatic rings. The van der Waals surface area contributed by atoms with Crippen LogP contribution in [0.2, 0.25) is 0 Å². The Balaban J connectivity index is 1.38. The number of rotatable bonds is 4. The first-order valence-corrected chi connectivity index (χ1v) is 9.63. The van der Waals surface area contributed by atoms with E-state index in [-0.39, 0.29) is 5.41 Å². The minimum absolute atomic E-state index is 0.164. The van der Waals surface area contributed by atoms with Crippen molar-refractivity contribution in [1.29, 1.82) is 0 Å². The minimum Gasteiger partial charge on any atom is -0.508 e. The zero-order valence-corrected chi connectivity index (χ0v) is 15.4. The summed E-state index contributed by atoms with van der Waals surface area (Å²) in [6.07, 6.45) is 2.51. The van der Waals surface area contributed by atoms with Crippen LogP contribution in [-0.4, -0.2) is 29.6 Å². The highest BCUT2D eigenvalue weighted by atomic mass is 16.3. The van der Waals surface area contributed by atoms with Crippen LogP contribution >= 0.6 is 0 Å². The summed E-state index contributed by atoms with van der Waals surface area (Å²) in [5, 5.41) is 9.85. The van der Waals surface area contributed by atoms with E-state index in [2.05, 4.69) is 55.1 Å². The first kappa shape index (κ1) is 16.7. The Labute approximate surface area is 151 Å². The van der Waals surface area contributed by atoms with Crippen LogP contribution in [0.3, 0.4) is 0 Å². The van der Waals surface area contributed by atoms with Gasteiger partial charge in [-0.15, -0.1) is 0 Å². The Kier molecular flexibility index (Phi) is 4.33. The molecule has 1 aliphatic heterocycles. The highest BCUT2D eigenvalue weighted by molar-refractivity contribution is 5.34. The zero-order valence-electron chi connectivity index (χ0n) is 15.4. The molecule has 25 heavy (non-hydrogen) atoms.